The van der Waals surface area contributed by atoms with Gasteiger partial charge in [-0.1, -0.05) is 0 Å². The number of piperazine rings is 1. The Kier molecular flexibility index (Phi) is 3.85. The summed E-state index contributed by atoms with van der Waals surface area (Å²) in [6.45, 7) is 5.37. The molecule has 0 radical (unpaired) electrons. The van der Waals surface area contributed by atoms with Crippen molar-refractivity contribution in [2.75, 3.05) is 60.6 Å². The van der Waals surface area contributed by atoms with Crippen LogP contribution in [0.3, 0.4) is 0 Å². The van der Waals surface area contributed by atoms with Gasteiger partial charge < -0.3 is 15.1 Å². The van der Waals surface area contributed by atoms with Gasteiger partial charge in [0.2, 0.25) is 0 Å². The lowest BCUT2D eigenvalue weighted by Crippen LogP contribution is -2.43. The van der Waals surface area contributed by atoms with Gasteiger partial charge in [0.15, 0.2) is 9.84 Å². The highest BCUT2D eigenvalue weighted by atomic mass is 32.2. The molecule has 0 aliphatic carbocycles. The van der Waals surface area contributed by atoms with Crippen LogP contribution in [0.25, 0.3) is 0 Å². The smallest absolute Gasteiger partial charge is 0.153 e. The highest BCUT2D eigenvalue weighted by Gasteiger charge is 2.21. The summed E-state index contributed by atoms with van der Waals surface area (Å²) in [5.41, 5.74) is 2.37. The van der Waals surface area contributed by atoms with Gasteiger partial charge >= 0.3 is 0 Å². The van der Waals surface area contributed by atoms with Gasteiger partial charge in [-0.2, -0.15) is 0 Å². The quantitative estimate of drug-likeness (QED) is 0.852. The van der Waals surface area contributed by atoms with Crippen molar-refractivity contribution in [2.45, 2.75) is 0 Å². The molecule has 110 valence electrons. The molecule has 2 aliphatic rings. The van der Waals surface area contributed by atoms with E-state index in [4.69, 9.17) is 0 Å². The fraction of sp³-hybridized carbons (Fsp3) is 0.571. The lowest BCUT2D eigenvalue weighted by atomic mass is 10.2. The maximum atomic E-state index is 11.4. The molecule has 1 N–H and O–H groups in total. The summed E-state index contributed by atoms with van der Waals surface area (Å²) >= 11 is 0. The summed E-state index contributed by atoms with van der Waals surface area (Å²) in [5, 5.41) is 3.35. The van der Waals surface area contributed by atoms with Gasteiger partial charge in [0.05, 0.1) is 11.5 Å². The van der Waals surface area contributed by atoms with Crippen LogP contribution in [-0.4, -0.2) is 59.2 Å². The van der Waals surface area contributed by atoms with Crippen LogP contribution < -0.4 is 15.1 Å². The third kappa shape index (κ3) is 3.07. The van der Waals surface area contributed by atoms with Crippen LogP contribution in [0.5, 0.6) is 0 Å². The first-order valence-corrected chi connectivity index (χ1v) is 8.97. The van der Waals surface area contributed by atoms with Gasteiger partial charge in [0.25, 0.3) is 0 Å². The highest BCUT2D eigenvalue weighted by Crippen LogP contribution is 2.22. The Morgan fingerprint density at radius 2 is 1.25 bits per heavy atom. The Morgan fingerprint density at radius 1 is 0.800 bits per heavy atom. The van der Waals surface area contributed by atoms with Crippen LogP contribution in [0.1, 0.15) is 0 Å². The minimum Gasteiger partial charge on any atom is -0.369 e. The fourth-order valence-electron chi connectivity index (χ4n) is 2.77. The molecule has 0 spiro atoms. The van der Waals surface area contributed by atoms with Crippen molar-refractivity contribution in [1.29, 1.82) is 0 Å². The summed E-state index contributed by atoms with van der Waals surface area (Å²) < 4.78 is 22.9. The van der Waals surface area contributed by atoms with E-state index in [1.807, 2.05) is 0 Å². The molecule has 5 nitrogen and oxygen atoms in total. The first kappa shape index (κ1) is 13.7. The Hall–Kier alpha value is -1.27. The van der Waals surface area contributed by atoms with Gasteiger partial charge in [-0.25, -0.2) is 8.42 Å². The lowest BCUT2D eigenvalue weighted by Gasteiger charge is -2.31. The summed E-state index contributed by atoms with van der Waals surface area (Å²) in [7, 11) is -2.81. The second kappa shape index (κ2) is 5.61. The second-order valence-electron chi connectivity index (χ2n) is 5.39. The van der Waals surface area contributed by atoms with Crippen LogP contribution in [0.4, 0.5) is 11.4 Å². The van der Waals surface area contributed by atoms with E-state index in [9.17, 15) is 8.42 Å². The molecule has 1 aromatic carbocycles. The molecule has 20 heavy (non-hydrogen) atoms. The van der Waals surface area contributed by atoms with E-state index >= 15 is 0 Å². The molecule has 2 fully saturated rings. The van der Waals surface area contributed by atoms with Gasteiger partial charge in [0.1, 0.15) is 0 Å². The topological polar surface area (TPSA) is 52.7 Å². The van der Waals surface area contributed by atoms with Crippen LogP contribution in [0.2, 0.25) is 0 Å². The van der Waals surface area contributed by atoms with E-state index in [1.165, 1.54) is 5.69 Å². The molecular formula is C14H21N3O2S. The molecule has 0 bridgehead atoms. The average molecular weight is 295 g/mol. The maximum absolute atomic E-state index is 11.4. The molecule has 0 amide bonds. The van der Waals surface area contributed by atoms with Crippen molar-refractivity contribution in [2.24, 2.45) is 0 Å². The number of nitrogens with zero attached hydrogens (tertiary/aromatic N) is 2. The van der Waals surface area contributed by atoms with Gasteiger partial charge in [-0.05, 0) is 24.3 Å². The zero-order chi connectivity index (χ0) is 14.0. The SMILES string of the molecule is O=S1(=O)CCN(c2ccc(N3CCNCC3)cc2)CC1. The molecule has 1 aromatic rings. The maximum Gasteiger partial charge on any atom is 0.153 e. The number of anilines is 2. The van der Waals surface area contributed by atoms with Crippen molar-refractivity contribution in [3.63, 3.8) is 0 Å². The minimum absolute atomic E-state index is 0.270. The van der Waals surface area contributed by atoms with E-state index in [0.717, 1.165) is 31.9 Å². The second-order valence-corrected chi connectivity index (χ2v) is 7.70. The molecule has 6 heteroatoms. The molecule has 0 aromatic heterocycles. The van der Waals surface area contributed by atoms with Crippen LogP contribution in [-0.2, 0) is 9.84 Å². The van der Waals surface area contributed by atoms with E-state index in [1.54, 1.807) is 0 Å². The third-order valence-corrected chi connectivity index (χ3v) is 5.65. The molecular weight excluding hydrogens is 274 g/mol. The summed E-state index contributed by atoms with van der Waals surface area (Å²) in [6.07, 6.45) is 0. The van der Waals surface area contributed by atoms with Crippen molar-refractivity contribution in [3.8, 4) is 0 Å². The van der Waals surface area contributed by atoms with E-state index in [0.29, 0.717) is 13.1 Å². The number of hydrogen-bond acceptors (Lipinski definition) is 5. The normalized spacial score (nSPS) is 22.8. The van der Waals surface area contributed by atoms with Crippen molar-refractivity contribution >= 4 is 21.2 Å². The number of hydrogen-bond donors (Lipinski definition) is 1. The van der Waals surface area contributed by atoms with Gasteiger partial charge in [-0.15, -0.1) is 0 Å². The fourth-order valence-corrected chi connectivity index (χ4v) is 3.97. The Morgan fingerprint density at radius 3 is 1.75 bits per heavy atom. The van der Waals surface area contributed by atoms with Crippen LogP contribution in [0, 0.1) is 0 Å². The first-order chi connectivity index (χ1) is 9.64. The molecule has 3 rings (SSSR count). The third-order valence-electron chi connectivity index (χ3n) is 4.04. The number of sulfone groups is 1. The zero-order valence-corrected chi connectivity index (χ0v) is 12.4. The Balaban J connectivity index is 1.67. The molecule has 2 saturated heterocycles. The predicted molar refractivity (Wildman–Crippen MR) is 82.4 cm³/mol. The number of nitrogens with one attached hydrogen (secondary N) is 1. The largest absolute Gasteiger partial charge is 0.369 e. The first-order valence-electron chi connectivity index (χ1n) is 7.15. The zero-order valence-electron chi connectivity index (χ0n) is 11.6. The highest BCUT2D eigenvalue weighted by molar-refractivity contribution is 7.91. The predicted octanol–water partition coefficient (Wildman–Crippen LogP) is 0.331. The van der Waals surface area contributed by atoms with E-state index in [2.05, 4.69) is 39.4 Å². The molecule has 0 saturated carbocycles. The van der Waals surface area contributed by atoms with E-state index < -0.39 is 9.84 Å². The Bertz CT molecular complexity index is 536. The summed E-state index contributed by atoms with van der Waals surface area (Å²) in [6, 6.07) is 8.50. The summed E-state index contributed by atoms with van der Waals surface area (Å²) in [5.74, 6) is 0.541. The van der Waals surface area contributed by atoms with Crippen molar-refractivity contribution in [1.82, 2.24) is 5.32 Å². The molecule has 0 atom stereocenters. The monoisotopic (exact) mass is 295 g/mol. The van der Waals surface area contributed by atoms with Crippen molar-refractivity contribution < 1.29 is 8.42 Å². The number of rotatable bonds is 2. The van der Waals surface area contributed by atoms with Gasteiger partial charge in [0, 0.05) is 50.6 Å². The Labute approximate surface area is 120 Å². The lowest BCUT2D eigenvalue weighted by molar-refractivity contribution is 0.586. The van der Waals surface area contributed by atoms with Gasteiger partial charge in [-0.3, -0.25) is 0 Å². The average Bonchev–Trinajstić information content (AvgIpc) is 2.48. The number of benzene rings is 1. The van der Waals surface area contributed by atoms with Crippen LogP contribution in [0.15, 0.2) is 24.3 Å². The minimum atomic E-state index is -2.81. The van der Waals surface area contributed by atoms with Crippen molar-refractivity contribution in [3.05, 3.63) is 24.3 Å². The molecule has 2 heterocycles. The molecule has 2 aliphatic heterocycles. The standard InChI is InChI=1S/C14H21N3O2S/c18-20(19)11-9-17(10-12-20)14-3-1-13(2-4-14)16-7-5-15-6-8-16/h1-4,15H,5-12H2. The van der Waals surface area contributed by atoms with Crippen LogP contribution >= 0.6 is 0 Å². The summed E-state index contributed by atoms with van der Waals surface area (Å²) in [4.78, 5) is 4.53. The van der Waals surface area contributed by atoms with E-state index in [-0.39, 0.29) is 11.5 Å². The molecule has 0 unspecified atom stereocenters.